The van der Waals surface area contributed by atoms with Gasteiger partial charge in [-0.3, -0.25) is 0 Å². The van der Waals surface area contributed by atoms with Gasteiger partial charge in [0.15, 0.2) is 0 Å². The van der Waals surface area contributed by atoms with Crippen molar-refractivity contribution in [3.63, 3.8) is 0 Å². The molecule has 1 aliphatic rings. The molecular formula is C16H14BrClO. The van der Waals surface area contributed by atoms with E-state index in [1.165, 1.54) is 11.1 Å². The van der Waals surface area contributed by atoms with Gasteiger partial charge in [-0.25, -0.2) is 0 Å². The van der Waals surface area contributed by atoms with Crippen molar-refractivity contribution in [1.82, 2.24) is 0 Å². The summed E-state index contributed by atoms with van der Waals surface area (Å²) < 4.78 is 7.23. The highest BCUT2D eigenvalue weighted by Crippen LogP contribution is 2.35. The summed E-state index contributed by atoms with van der Waals surface area (Å²) in [7, 11) is 0. The van der Waals surface area contributed by atoms with Crippen LogP contribution >= 0.6 is 27.5 Å². The SMILES string of the molecule is Cl[C@H]1Cc2ccccc2O[C@@H](c2ccc(Br)cc2)C1. The van der Waals surface area contributed by atoms with Crippen molar-refractivity contribution in [3.05, 3.63) is 64.1 Å². The molecule has 1 aliphatic heterocycles. The molecule has 0 aromatic heterocycles. The minimum atomic E-state index is 0.0271. The van der Waals surface area contributed by atoms with Crippen LogP contribution in [0.5, 0.6) is 5.75 Å². The topological polar surface area (TPSA) is 9.23 Å². The first-order valence-corrected chi connectivity index (χ1v) is 7.59. The van der Waals surface area contributed by atoms with E-state index in [0.717, 1.165) is 23.1 Å². The molecule has 98 valence electrons. The van der Waals surface area contributed by atoms with Crippen LogP contribution < -0.4 is 4.74 Å². The van der Waals surface area contributed by atoms with Crippen molar-refractivity contribution < 1.29 is 4.74 Å². The number of halogens is 2. The highest BCUT2D eigenvalue weighted by molar-refractivity contribution is 9.10. The van der Waals surface area contributed by atoms with E-state index in [4.69, 9.17) is 16.3 Å². The fourth-order valence-electron chi connectivity index (χ4n) is 2.42. The first-order chi connectivity index (χ1) is 9.22. The van der Waals surface area contributed by atoms with E-state index < -0.39 is 0 Å². The maximum Gasteiger partial charge on any atom is 0.125 e. The van der Waals surface area contributed by atoms with Gasteiger partial charge in [-0.05, 0) is 35.7 Å². The lowest BCUT2D eigenvalue weighted by Gasteiger charge is -2.18. The number of hydrogen-bond donors (Lipinski definition) is 0. The molecule has 1 nitrogen and oxygen atoms in total. The summed E-state index contributed by atoms with van der Waals surface area (Å²) in [5.74, 6) is 0.957. The number of ether oxygens (including phenoxy) is 1. The van der Waals surface area contributed by atoms with E-state index in [0.29, 0.717) is 0 Å². The van der Waals surface area contributed by atoms with E-state index in [1.54, 1.807) is 0 Å². The number of fused-ring (bicyclic) bond motifs is 1. The first kappa shape index (κ1) is 13.0. The lowest BCUT2D eigenvalue weighted by molar-refractivity contribution is 0.201. The second-order valence-corrected chi connectivity index (χ2v) is 6.34. The van der Waals surface area contributed by atoms with E-state index in [2.05, 4.69) is 34.1 Å². The standard InChI is InChI=1S/C16H14BrClO/c17-13-7-5-11(6-8-13)16-10-14(18)9-12-3-1-2-4-15(12)19-16/h1-8,14,16H,9-10H2/t14-,16+/m0/s1. The van der Waals surface area contributed by atoms with Gasteiger partial charge in [0.25, 0.3) is 0 Å². The van der Waals surface area contributed by atoms with E-state index in [1.807, 2.05) is 30.3 Å². The average Bonchev–Trinajstić information content (AvgIpc) is 2.57. The fraction of sp³-hybridized carbons (Fsp3) is 0.250. The van der Waals surface area contributed by atoms with E-state index >= 15 is 0 Å². The molecule has 0 fully saturated rings. The summed E-state index contributed by atoms with van der Waals surface area (Å²) in [5, 5.41) is 0.109. The maximum atomic E-state index is 6.44. The van der Waals surface area contributed by atoms with Gasteiger partial charge in [-0.1, -0.05) is 46.3 Å². The van der Waals surface area contributed by atoms with Gasteiger partial charge >= 0.3 is 0 Å². The monoisotopic (exact) mass is 336 g/mol. The molecule has 19 heavy (non-hydrogen) atoms. The second kappa shape index (κ2) is 5.56. The molecule has 2 aromatic carbocycles. The Labute approximate surface area is 126 Å². The van der Waals surface area contributed by atoms with Crippen LogP contribution in [-0.4, -0.2) is 5.38 Å². The molecule has 0 saturated heterocycles. The Morgan fingerprint density at radius 1 is 1.05 bits per heavy atom. The molecule has 3 rings (SSSR count). The summed E-state index contributed by atoms with van der Waals surface area (Å²) in [6.45, 7) is 0. The summed E-state index contributed by atoms with van der Waals surface area (Å²) in [5.41, 5.74) is 2.37. The molecule has 1 heterocycles. The van der Waals surface area contributed by atoms with Gasteiger partial charge in [0.05, 0.1) is 0 Å². The minimum absolute atomic E-state index is 0.0271. The van der Waals surface area contributed by atoms with Gasteiger partial charge in [0.1, 0.15) is 11.9 Å². The molecule has 2 aromatic rings. The first-order valence-electron chi connectivity index (χ1n) is 6.36. The predicted octanol–water partition coefficient (Wildman–Crippen LogP) is 5.12. The van der Waals surface area contributed by atoms with Gasteiger partial charge in [0.2, 0.25) is 0 Å². The largest absolute Gasteiger partial charge is 0.485 e. The van der Waals surface area contributed by atoms with Crippen molar-refractivity contribution in [3.8, 4) is 5.75 Å². The van der Waals surface area contributed by atoms with Crippen LogP contribution in [-0.2, 0) is 6.42 Å². The number of rotatable bonds is 1. The lowest BCUT2D eigenvalue weighted by Crippen LogP contribution is -2.11. The quantitative estimate of drug-likeness (QED) is 0.656. The van der Waals surface area contributed by atoms with Crippen LogP contribution in [0.1, 0.15) is 23.7 Å². The second-order valence-electron chi connectivity index (χ2n) is 4.80. The zero-order chi connectivity index (χ0) is 13.2. The van der Waals surface area contributed by atoms with Crippen LogP contribution in [0, 0.1) is 0 Å². The number of hydrogen-bond acceptors (Lipinski definition) is 1. The highest BCUT2D eigenvalue weighted by atomic mass is 79.9. The molecule has 0 amide bonds. The molecule has 3 heteroatoms. The zero-order valence-corrected chi connectivity index (χ0v) is 12.7. The molecular weight excluding hydrogens is 324 g/mol. The zero-order valence-electron chi connectivity index (χ0n) is 10.4. The van der Waals surface area contributed by atoms with E-state index in [9.17, 15) is 0 Å². The van der Waals surface area contributed by atoms with Crippen LogP contribution in [0.2, 0.25) is 0 Å². The highest BCUT2D eigenvalue weighted by Gasteiger charge is 2.24. The summed E-state index contributed by atoms with van der Waals surface area (Å²) in [6.07, 6.45) is 1.72. The Morgan fingerprint density at radius 2 is 1.79 bits per heavy atom. The third-order valence-electron chi connectivity index (χ3n) is 3.39. The van der Waals surface area contributed by atoms with Crippen LogP contribution in [0.15, 0.2) is 53.0 Å². The van der Waals surface area contributed by atoms with Crippen LogP contribution in [0.25, 0.3) is 0 Å². The Balaban J connectivity index is 1.93. The van der Waals surface area contributed by atoms with Crippen molar-refractivity contribution in [1.29, 1.82) is 0 Å². The Bertz CT molecular complexity index is 567. The van der Waals surface area contributed by atoms with Crippen molar-refractivity contribution >= 4 is 27.5 Å². The summed E-state index contributed by atoms with van der Waals surface area (Å²) >= 11 is 9.89. The van der Waals surface area contributed by atoms with Gasteiger partial charge in [-0.15, -0.1) is 11.6 Å². The molecule has 0 unspecified atom stereocenters. The smallest absolute Gasteiger partial charge is 0.125 e. The minimum Gasteiger partial charge on any atom is -0.485 e. The molecule has 2 atom stereocenters. The van der Waals surface area contributed by atoms with Gasteiger partial charge < -0.3 is 4.74 Å². The van der Waals surface area contributed by atoms with E-state index in [-0.39, 0.29) is 11.5 Å². The normalized spacial score (nSPS) is 22.2. The van der Waals surface area contributed by atoms with Crippen molar-refractivity contribution in [2.45, 2.75) is 24.3 Å². The van der Waals surface area contributed by atoms with Crippen LogP contribution in [0.3, 0.4) is 0 Å². The Hall–Kier alpha value is -0.990. The predicted molar refractivity (Wildman–Crippen MR) is 81.9 cm³/mol. The molecule has 0 saturated carbocycles. The van der Waals surface area contributed by atoms with Crippen LogP contribution in [0.4, 0.5) is 0 Å². The average molecular weight is 338 g/mol. The Morgan fingerprint density at radius 3 is 2.58 bits per heavy atom. The number of benzene rings is 2. The molecule has 0 N–H and O–H groups in total. The molecule has 0 bridgehead atoms. The molecule has 0 radical (unpaired) electrons. The Kier molecular flexibility index (Phi) is 3.81. The third-order valence-corrected chi connectivity index (χ3v) is 4.26. The van der Waals surface area contributed by atoms with Crippen molar-refractivity contribution in [2.75, 3.05) is 0 Å². The van der Waals surface area contributed by atoms with Crippen molar-refractivity contribution in [2.24, 2.45) is 0 Å². The summed E-state index contributed by atoms with van der Waals surface area (Å²) in [6, 6.07) is 16.4. The lowest BCUT2D eigenvalue weighted by atomic mass is 10.0. The molecule has 0 aliphatic carbocycles. The molecule has 0 spiro atoms. The van der Waals surface area contributed by atoms with Gasteiger partial charge in [-0.2, -0.15) is 0 Å². The third kappa shape index (κ3) is 2.96. The fourth-order valence-corrected chi connectivity index (χ4v) is 3.02. The number of alkyl halides is 1. The number of para-hydroxylation sites is 1. The summed E-state index contributed by atoms with van der Waals surface area (Å²) in [4.78, 5) is 0. The maximum absolute atomic E-state index is 6.44. The van der Waals surface area contributed by atoms with Gasteiger partial charge in [0, 0.05) is 16.3 Å².